The third kappa shape index (κ3) is 3.91. The maximum atomic E-state index is 13.3. The van der Waals surface area contributed by atoms with E-state index in [-0.39, 0.29) is 17.8 Å². The molecule has 9 heteroatoms. The van der Waals surface area contributed by atoms with E-state index in [1.807, 2.05) is 41.4 Å². The zero-order valence-electron chi connectivity index (χ0n) is 17.1. The van der Waals surface area contributed by atoms with Gasteiger partial charge < -0.3 is 10.3 Å². The molecule has 9 nitrogen and oxygen atoms in total. The predicted octanol–water partition coefficient (Wildman–Crippen LogP) is 2.23. The molecule has 32 heavy (non-hydrogen) atoms. The zero-order valence-corrected chi connectivity index (χ0v) is 17.1. The Morgan fingerprint density at radius 3 is 2.19 bits per heavy atom. The maximum absolute atomic E-state index is 13.3. The quantitative estimate of drug-likeness (QED) is 0.448. The van der Waals surface area contributed by atoms with E-state index in [4.69, 9.17) is 0 Å². The van der Waals surface area contributed by atoms with Crippen LogP contribution in [0.3, 0.4) is 0 Å². The van der Waals surface area contributed by atoms with Gasteiger partial charge in [-0.15, -0.1) is 0 Å². The lowest BCUT2D eigenvalue weighted by atomic mass is 9.95. The third-order valence-electron chi connectivity index (χ3n) is 4.86. The highest BCUT2D eigenvalue weighted by Gasteiger charge is 2.25. The Hall–Kier alpha value is -4.53. The maximum Gasteiger partial charge on any atom is 0.325 e. The van der Waals surface area contributed by atoms with Crippen molar-refractivity contribution in [1.29, 1.82) is 0 Å². The Kier molecular flexibility index (Phi) is 5.63. The highest BCUT2D eigenvalue weighted by Crippen LogP contribution is 2.32. The van der Waals surface area contributed by atoms with Crippen LogP contribution < -0.4 is 22.1 Å². The van der Waals surface area contributed by atoms with Gasteiger partial charge in [-0.05, 0) is 12.5 Å². The van der Waals surface area contributed by atoms with Gasteiger partial charge in [0, 0.05) is 23.9 Å². The fourth-order valence-electron chi connectivity index (χ4n) is 3.37. The Balaban J connectivity index is 2.00. The highest BCUT2D eigenvalue weighted by atomic mass is 16.2. The molecular formula is C23H19N5O4. The topological polar surface area (TPSA) is 130 Å². The minimum Gasteiger partial charge on any atom is -0.316 e. The molecule has 0 fully saturated rings. The molecule has 0 radical (unpaired) electrons. The van der Waals surface area contributed by atoms with E-state index in [9.17, 15) is 19.2 Å². The van der Waals surface area contributed by atoms with Crippen molar-refractivity contribution in [3.63, 3.8) is 0 Å². The normalized spacial score (nSPS) is 10.7. The van der Waals surface area contributed by atoms with Crippen LogP contribution in [0.5, 0.6) is 0 Å². The van der Waals surface area contributed by atoms with E-state index in [1.165, 1.54) is 4.68 Å². The van der Waals surface area contributed by atoms with Crippen molar-refractivity contribution in [2.24, 2.45) is 0 Å². The van der Waals surface area contributed by atoms with Gasteiger partial charge in [-0.1, -0.05) is 60.7 Å². The number of rotatable bonds is 5. The van der Waals surface area contributed by atoms with Crippen LogP contribution in [0.15, 0.2) is 81.2 Å². The molecular weight excluding hydrogens is 410 g/mol. The first-order chi connectivity index (χ1) is 15.5. The van der Waals surface area contributed by atoms with Crippen LogP contribution in [0.2, 0.25) is 0 Å². The number of H-pyrrole nitrogens is 2. The second kappa shape index (κ2) is 8.68. The molecule has 0 aliphatic carbocycles. The van der Waals surface area contributed by atoms with Gasteiger partial charge in [-0.2, -0.15) is 5.10 Å². The fourth-order valence-corrected chi connectivity index (χ4v) is 3.37. The smallest absolute Gasteiger partial charge is 0.316 e. The van der Waals surface area contributed by atoms with Crippen LogP contribution in [-0.4, -0.2) is 25.7 Å². The molecule has 2 aromatic heterocycles. The van der Waals surface area contributed by atoms with Crippen LogP contribution >= 0.6 is 0 Å². The number of hydrogen-bond acceptors (Lipinski definition) is 5. The SMILES string of the molecule is CCn1nc(-c2ccccc2)c(-c2ccccc2)c(C(=O)Nc2c[nH]c(=O)[nH]c2=O)c1=O. The number of hydrogen-bond donors (Lipinski definition) is 3. The standard InChI is InChI=1S/C23H19N5O4/c1-2-28-22(31)18(21(30)25-16-13-24-23(32)26-20(16)29)17(14-9-5-3-6-10-14)19(27-28)15-11-7-4-8-12-15/h3-13H,2H2,1H3,(H,25,30)(H2,24,26,29,32). The summed E-state index contributed by atoms with van der Waals surface area (Å²) in [7, 11) is 0. The number of amides is 1. The Bertz CT molecular complexity index is 1450. The number of aryl methyl sites for hydroxylation is 1. The number of nitrogens with one attached hydrogen (secondary N) is 3. The number of carbonyl (C=O) groups is 1. The Morgan fingerprint density at radius 1 is 0.969 bits per heavy atom. The number of nitrogens with zero attached hydrogens (tertiary/aromatic N) is 2. The third-order valence-corrected chi connectivity index (χ3v) is 4.86. The molecule has 0 unspecified atom stereocenters. The number of benzene rings is 2. The molecule has 1 amide bonds. The first-order valence-electron chi connectivity index (χ1n) is 9.89. The van der Waals surface area contributed by atoms with E-state index in [0.29, 0.717) is 16.8 Å². The molecule has 0 saturated carbocycles. The van der Waals surface area contributed by atoms with E-state index >= 15 is 0 Å². The lowest BCUT2D eigenvalue weighted by Gasteiger charge is -2.16. The van der Waals surface area contributed by atoms with Gasteiger partial charge in [0.05, 0.1) is 5.69 Å². The first kappa shape index (κ1) is 20.7. The second-order valence-corrected chi connectivity index (χ2v) is 6.89. The summed E-state index contributed by atoms with van der Waals surface area (Å²) in [6, 6.07) is 18.2. The minimum absolute atomic E-state index is 0.155. The summed E-state index contributed by atoms with van der Waals surface area (Å²) >= 11 is 0. The lowest BCUT2D eigenvalue weighted by molar-refractivity contribution is 0.102. The Morgan fingerprint density at radius 2 is 1.59 bits per heavy atom. The van der Waals surface area contributed by atoms with Gasteiger partial charge >= 0.3 is 5.69 Å². The predicted molar refractivity (Wildman–Crippen MR) is 121 cm³/mol. The van der Waals surface area contributed by atoms with Crippen molar-refractivity contribution in [1.82, 2.24) is 19.7 Å². The average Bonchev–Trinajstić information content (AvgIpc) is 2.81. The summed E-state index contributed by atoms with van der Waals surface area (Å²) in [5.41, 5.74) is -0.262. The largest absolute Gasteiger partial charge is 0.325 e. The monoisotopic (exact) mass is 429 g/mol. The molecule has 3 N–H and O–H groups in total. The highest BCUT2D eigenvalue weighted by molar-refractivity contribution is 6.10. The van der Waals surface area contributed by atoms with Crippen LogP contribution in [0.4, 0.5) is 5.69 Å². The molecule has 0 saturated heterocycles. The molecule has 0 aliphatic heterocycles. The molecule has 2 aromatic carbocycles. The van der Waals surface area contributed by atoms with E-state index in [1.54, 1.807) is 31.2 Å². The average molecular weight is 429 g/mol. The molecule has 4 rings (SSSR count). The van der Waals surface area contributed by atoms with Gasteiger partial charge in [0.25, 0.3) is 17.0 Å². The van der Waals surface area contributed by atoms with Crippen LogP contribution in [0.1, 0.15) is 17.3 Å². The minimum atomic E-state index is -0.784. The molecule has 160 valence electrons. The first-order valence-corrected chi connectivity index (χ1v) is 9.89. The van der Waals surface area contributed by atoms with Crippen molar-refractivity contribution in [3.05, 3.63) is 104 Å². The summed E-state index contributed by atoms with van der Waals surface area (Å²) in [6.07, 6.45) is 1.08. The summed E-state index contributed by atoms with van der Waals surface area (Å²) in [5.74, 6) is -0.784. The molecule has 0 atom stereocenters. The van der Waals surface area contributed by atoms with Gasteiger partial charge in [-0.25, -0.2) is 9.48 Å². The number of carbonyl (C=O) groups excluding carboxylic acids is 1. The Labute approximate surface area is 181 Å². The molecule has 0 bridgehead atoms. The number of aromatic amines is 2. The van der Waals surface area contributed by atoms with Gasteiger partial charge in [0.15, 0.2) is 0 Å². The summed E-state index contributed by atoms with van der Waals surface area (Å²) in [4.78, 5) is 54.3. The summed E-state index contributed by atoms with van der Waals surface area (Å²) in [5, 5.41) is 6.97. The van der Waals surface area contributed by atoms with Crippen molar-refractivity contribution in [2.45, 2.75) is 13.5 Å². The van der Waals surface area contributed by atoms with Crippen LogP contribution in [0, 0.1) is 0 Å². The van der Waals surface area contributed by atoms with E-state index in [0.717, 1.165) is 11.8 Å². The summed E-state index contributed by atoms with van der Waals surface area (Å²) < 4.78 is 1.21. The molecule has 0 spiro atoms. The van der Waals surface area contributed by atoms with Gasteiger partial charge in [0.1, 0.15) is 11.3 Å². The zero-order chi connectivity index (χ0) is 22.7. The van der Waals surface area contributed by atoms with Crippen molar-refractivity contribution in [3.8, 4) is 22.4 Å². The van der Waals surface area contributed by atoms with Gasteiger partial charge in [-0.3, -0.25) is 19.4 Å². The fraction of sp³-hybridized carbons (Fsp3) is 0.0870. The van der Waals surface area contributed by atoms with Gasteiger partial charge in [0.2, 0.25) is 0 Å². The molecule has 2 heterocycles. The van der Waals surface area contributed by atoms with Crippen LogP contribution in [0.25, 0.3) is 22.4 Å². The second-order valence-electron chi connectivity index (χ2n) is 6.89. The van der Waals surface area contributed by atoms with E-state index < -0.39 is 22.7 Å². The van der Waals surface area contributed by atoms with Crippen molar-refractivity contribution in [2.75, 3.05) is 5.32 Å². The lowest BCUT2D eigenvalue weighted by Crippen LogP contribution is -2.34. The number of anilines is 1. The van der Waals surface area contributed by atoms with Crippen molar-refractivity contribution < 1.29 is 4.79 Å². The van der Waals surface area contributed by atoms with E-state index in [2.05, 4.69) is 15.4 Å². The summed E-state index contributed by atoms with van der Waals surface area (Å²) in [6.45, 7) is 1.99. The number of aromatic nitrogens is 4. The molecule has 0 aliphatic rings. The molecule has 4 aromatic rings. The van der Waals surface area contributed by atoms with Crippen molar-refractivity contribution >= 4 is 11.6 Å². The van der Waals surface area contributed by atoms with Crippen LogP contribution in [-0.2, 0) is 6.54 Å².